The largest absolute Gasteiger partial charge is 0.374 e. The lowest BCUT2D eigenvalue weighted by Crippen LogP contribution is -2.39. The number of benzene rings is 1. The van der Waals surface area contributed by atoms with Crippen molar-refractivity contribution in [2.45, 2.75) is 39.7 Å². The minimum Gasteiger partial charge on any atom is -0.374 e. The Labute approximate surface area is 170 Å². The first kappa shape index (κ1) is 24.4. The number of nitrogens with one attached hydrogen (secondary N) is 2. The molecule has 0 saturated heterocycles. The Bertz CT molecular complexity index is 665. The summed E-state index contributed by atoms with van der Waals surface area (Å²) in [6.07, 6.45) is 2.89. The van der Waals surface area contributed by atoms with Crippen LogP contribution in [0, 0.1) is 0 Å². The zero-order valence-electron chi connectivity index (χ0n) is 17.6. The Balaban J connectivity index is 2.29. The van der Waals surface area contributed by atoms with Crippen LogP contribution in [0.25, 0.3) is 0 Å². The Kier molecular flexibility index (Phi) is 11.8. The highest BCUT2D eigenvalue weighted by Crippen LogP contribution is 2.15. The third-order valence-corrected chi connectivity index (χ3v) is 5.63. The second-order valence-electron chi connectivity index (χ2n) is 6.57. The first-order valence-electron chi connectivity index (χ1n) is 10.0. The molecule has 0 spiro atoms. The highest BCUT2D eigenvalue weighted by Gasteiger charge is 2.13. The van der Waals surface area contributed by atoms with E-state index in [2.05, 4.69) is 34.7 Å². The molecule has 0 saturated carbocycles. The van der Waals surface area contributed by atoms with Crippen LogP contribution in [0.15, 0.2) is 35.3 Å². The van der Waals surface area contributed by atoms with Crippen molar-refractivity contribution in [3.8, 4) is 0 Å². The van der Waals surface area contributed by atoms with Crippen LogP contribution in [-0.4, -0.2) is 64.3 Å². The molecule has 1 aromatic rings. The summed E-state index contributed by atoms with van der Waals surface area (Å²) in [7, 11) is -3.13. The minimum absolute atomic E-state index is 0.0768. The van der Waals surface area contributed by atoms with Gasteiger partial charge in [0.1, 0.15) is 0 Å². The van der Waals surface area contributed by atoms with Gasteiger partial charge in [0, 0.05) is 39.3 Å². The maximum atomic E-state index is 11.6. The molecule has 1 rings (SSSR count). The number of ether oxygens (including phenoxy) is 1. The smallest absolute Gasteiger partial charge is 0.211 e. The molecule has 0 aliphatic carbocycles. The van der Waals surface area contributed by atoms with E-state index in [9.17, 15) is 8.42 Å². The van der Waals surface area contributed by atoms with E-state index in [0.29, 0.717) is 32.8 Å². The molecule has 0 fully saturated rings. The van der Waals surface area contributed by atoms with Crippen LogP contribution in [-0.2, 0) is 14.8 Å². The van der Waals surface area contributed by atoms with Gasteiger partial charge in [-0.05, 0) is 32.3 Å². The van der Waals surface area contributed by atoms with Crippen molar-refractivity contribution in [1.29, 1.82) is 0 Å². The molecule has 0 amide bonds. The summed E-state index contributed by atoms with van der Waals surface area (Å²) in [4.78, 5) is 4.55. The summed E-state index contributed by atoms with van der Waals surface area (Å²) < 4.78 is 30.5. The topological polar surface area (TPSA) is 83.0 Å². The maximum absolute atomic E-state index is 11.6. The SMILES string of the molecule is CCNC(=NCCCOC(C)c1ccccc1)NCCCN(CC)S(C)(=O)=O. The molecular formula is C20H36N4O3S. The van der Waals surface area contributed by atoms with Crippen LogP contribution >= 0.6 is 0 Å². The fourth-order valence-electron chi connectivity index (χ4n) is 2.70. The first-order valence-corrected chi connectivity index (χ1v) is 11.9. The predicted octanol–water partition coefficient (Wildman–Crippen LogP) is 2.38. The monoisotopic (exact) mass is 412 g/mol. The van der Waals surface area contributed by atoms with E-state index in [4.69, 9.17) is 4.74 Å². The van der Waals surface area contributed by atoms with Gasteiger partial charge in [-0.3, -0.25) is 4.99 Å². The van der Waals surface area contributed by atoms with E-state index in [0.717, 1.165) is 25.3 Å². The highest BCUT2D eigenvalue weighted by molar-refractivity contribution is 7.88. The molecule has 0 aromatic heterocycles. The minimum atomic E-state index is -3.13. The quantitative estimate of drug-likeness (QED) is 0.295. The molecular weight excluding hydrogens is 376 g/mol. The summed E-state index contributed by atoms with van der Waals surface area (Å²) in [6.45, 7) is 9.68. The number of rotatable bonds is 13. The fraction of sp³-hybridized carbons (Fsp3) is 0.650. The van der Waals surface area contributed by atoms with Crippen molar-refractivity contribution < 1.29 is 13.2 Å². The summed E-state index contributed by atoms with van der Waals surface area (Å²) in [6, 6.07) is 10.2. The van der Waals surface area contributed by atoms with Gasteiger partial charge < -0.3 is 15.4 Å². The molecule has 1 atom stereocenters. The fourth-order valence-corrected chi connectivity index (χ4v) is 3.63. The normalized spacial score (nSPS) is 13.5. The molecule has 160 valence electrons. The van der Waals surface area contributed by atoms with Crippen LogP contribution < -0.4 is 10.6 Å². The summed E-state index contributed by atoms with van der Waals surface area (Å²) in [5.74, 6) is 0.751. The Morgan fingerprint density at radius 3 is 2.50 bits per heavy atom. The molecule has 0 aliphatic heterocycles. The predicted molar refractivity (Wildman–Crippen MR) is 116 cm³/mol. The van der Waals surface area contributed by atoms with Crippen molar-refractivity contribution in [1.82, 2.24) is 14.9 Å². The molecule has 28 heavy (non-hydrogen) atoms. The van der Waals surface area contributed by atoms with Gasteiger partial charge in [-0.2, -0.15) is 0 Å². The average molecular weight is 413 g/mol. The summed E-state index contributed by atoms with van der Waals surface area (Å²) in [5, 5.41) is 6.46. The molecule has 8 heteroatoms. The first-order chi connectivity index (χ1) is 13.4. The number of hydrogen-bond donors (Lipinski definition) is 2. The highest BCUT2D eigenvalue weighted by atomic mass is 32.2. The average Bonchev–Trinajstić information content (AvgIpc) is 2.67. The molecule has 7 nitrogen and oxygen atoms in total. The molecule has 1 unspecified atom stereocenters. The number of aliphatic imine (C=N–C) groups is 1. The van der Waals surface area contributed by atoms with E-state index < -0.39 is 10.0 Å². The number of hydrogen-bond acceptors (Lipinski definition) is 4. The Morgan fingerprint density at radius 1 is 1.18 bits per heavy atom. The number of sulfonamides is 1. The van der Waals surface area contributed by atoms with Gasteiger partial charge in [-0.1, -0.05) is 37.3 Å². The molecule has 0 radical (unpaired) electrons. The maximum Gasteiger partial charge on any atom is 0.211 e. The molecule has 0 heterocycles. The van der Waals surface area contributed by atoms with Crippen LogP contribution in [0.2, 0.25) is 0 Å². The van der Waals surface area contributed by atoms with Gasteiger partial charge in [-0.15, -0.1) is 0 Å². The van der Waals surface area contributed by atoms with Crippen LogP contribution in [0.5, 0.6) is 0 Å². The lowest BCUT2D eigenvalue weighted by molar-refractivity contribution is 0.0652. The molecule has 2 N–H and O–H groups in total. The molecule has 0 aliphatic rings. The van der Waals surface area contributed by atoms with Crippen molar-refractivity contribution in [2.24, 2.45) is 4.99 Å². The van der Waals surface area contributed by atoms with Crippen molar-refractivity contribution >= 4 is 16.0 Å². The van der Waals surface area contributed by atoms with Gasteiger partial charge >= 0.3 is 0 Å². The van der Waals surface area contributed by atoms with Crippen molar-refractivity contribution in [3.05, 3.63) is 35.9 Å². The van der Waals surface area contributed by atoms with Crippen molar-refractivity contribution in [3.63, 3.8) is 0 Å². The number of nitrogens with zero attached hydrogens (tertiary/aromatic N) is 2. The number of guanidine groups is 1. The van der Waals surface area contributed by atoms with E-state index in [1.165, 1.54) is 16.1 Å². The third-order valence-electron chi connectivity index (χ3n) is 4.25. The second kappa shape index (κ2) is 13.5. The van der Waals surface area contributed by atoms with Crippen LogP contribution in [0.3, 0.4) is 0 Å². The van der Waals surface area contributed by atoms with Crippen LogP contribution in [0.1, 0.15) is 45.3 Å². The van der Waals surface area contributed by atoms with Crippen molar-refractivity contribution in [2.75, 3.05) is 45.6 Å². The van der Waals surface area contributed by atoms with Gasteiger partial charge in [0.05, 0.1) is 12.4 Å². The molecule has 1 aromatic carbocycles. The lowest BCUT2D eigenvalue weighted by atomic mass is 10.1. The zero-order chi connectivity index (χ0) is 20.8. The van der Waals surface area contributed by atoms with Gasteiger partial charge in [0.2, 0.25) is 10.0 Å². The van der Waals surface area contributed by atoms with Crippen LogP contribution in [0.4, 0.5) is 0 Å². The standard InChI is InChI=1S/C20H36N4O3S/c1-5-21-20(22-14-10-16-24(6-2)28(4,25)26)23-15-11-17-27-18(3)19-12-8-7-9-13-19/h7-9,12-13,18H,5-6,10-11,14-17H2,1-4H3,(H2,21,22,23). The van der Waals surface area contributed by atoms with E-state index >= 15 is 0 Å². The lowest BCUT2D eigenvalue weighted by Gasteiger charge is -2.18. The third kappa shape index (κ3) is 10.1. The Morgan fingerprint density at radius 2 is 1.89 bits per heavy atom. The second-order valence-corrected chi connectivity index (χ2v) is 8.56. The van der Waals surface area contributed by atoms with Gasteiger partial charge in [0.15, 0.2) is 5.96 Å². The summed E-state index contributed by atoms with van der Waals surface area (Å²) in [5.41, 5.74) is 1.18. The van der Waals surface area contributed by atoms with Gasteiger partial charge in [-0.25, -0.2) is 12.7 Å². The van der Waals surface area contributed by atoms with Gasteiger partial charge in [0.25, 0.3) is 0 Å². The van der Waals surface area contributed by atoms with E-state index in [1.54, 1.807) is 0 Å². The summed E-state index contributed by atoms with van der Waals surface area (Å²) >= 11 is 0. The Hall–Kier alpha value is -1.64. The van der Waals surface area contributed by atoms with E-state index in [1.807, 2.05) is 32.0 Å². The van der Waals surface area contributed by atoms with E-state index in [-0.39, 0.29) is 6.10 Å². The molecule has 0 bridgehead atoms. The zero-order valence-corrected chi connectivity index (χ0v) is 18.5.